The lowest BCUT2D eigenvalue weighted by molar-refractivity contribution is -0.139. The highest BCUT2D eigenvalue weighted by Gasteiger charge is 2.19. The summed E-state index contributed by atoms with van der Waals surface area (Å²) in [5.41, 5.74) is 1.08. The summed E-state index contributed by atoms with van der Waals surface area (Å²) in [6.07, 6.45) is 6.38. The van der Waals surface area contributed by atoms with E-state index in [0.29, 0.717) is 6.54 Å². The van der Waals surface area contributed by atoms with Crippen molar-refractivity contribution in [2.75, 3.05) is 13.1 Å². The van der Waals surface area contributed by atoms with E-state index < -0.39 is 12.0 Å². The maximum Gasteiger partial charge on any atom is 0.320 e. The lowest BCUT2D eigenvalue weighted by Gasteiger charge is -2.27. The Morgan fingerprint density at radius 3 is 2.72 bits per heavy atom. The van der Waals surface area contributed by atoms with E-state index >= 15 is 0 Å². The first kappa shape index (κ1) is 14.7. The Morgan fingerprint density at radius 2 is 2.22 bits per heavy atom. The van der Waals surface area contributed by atoms with Gasteiger partial charge in [-0.05, 0) is 39.5 Å². The number of carbonyl (C=O) groups excluding carboxylic acids is 1. The van der Waals surface area contributed by atoms with Crippen LogP contribution in [0.1, 0.15) is 39.5 Å². The van der Waals surface area contributed by atoms with E-state index in [9.17, 15) is 9.59 Å². The van der Waals surface area contributed by atoms with Gasteiger partial charge in [0, 0.05) is 12.2 Å². The highest BCUT2D eigenvalue weighted by molar-refractivity contribution is 5.81. The van der Waals surface area contributed by atoms with Crippen molar-refractivity contribution in [2.45, 2.75) is 45.6 Å². The van der Waals surface area contributed by atoms with Gasteiger partial charge in [0.05, 0.1) is 6.54 Å². The van der Waals surface area contributed by atoms with Gasteiger partial charge in [-0.1, -0.05) is 6.08 Å². The Morgan fingerprint density at radius 1 is 1.50 bits per heavy atom. The fourth-order valence-corrected chi connectivity index (χ4v) is 2.03. The highest BCUT2D eigenvalue weighted by atomic mass is 16.4. The topological polar surface area (TPSA) is 69.6 Å². The third-order valence-corrected chi connectivity index (χ3v) is 3.16. The van der Waals surface area contributed by atoms with Crippen LogP contribution in [-0.2, 0) is 9.59 Å². The number of carbonyl (C=O) groups is 2. The average Bonchev–Trinajstić information content (AvgIpc) is 2.38. The zero-order valence-corrected chi connectivity index (χ0v) is 11.1. The number of allylic oxidation sites excluding steroid dienone is 2. The number of carboxylic acids is 1. The summed E-state index contributed by atoms with van der Waals surface area (Å²) < 4.78 is 0. The molecular weight excluding hydrogens is 232 g/mol. The normalized spacial score (nSPS) is 16.9. The van der Waals surface area contributed by atoms with Gasteiger partial charge in [-0.25, -0.2) is 0 Å². The first-order chi connectivity index (χ1) is 8.56. The van der Waals surface area contributed by atoms with Crippen molar-refractivity contribution in [3.05, 3.63) is 11.8 Å². The molecule has 102 valence electrons. The molecule has 0 saturated carbocycles. The molecule has 5 nitrogen and oxygen atoms in total. The van der Waals surface area contributed by atoms with E-state index in [0.717, 1.165) is 25.0 Å². The molecule has 0 aromatic carbocycles. The molecule has 2 N–H and O–H groups in total. The van der Waals surface area contributed by atoms with Gasteiger partial charge in [0.15, 0.2) is 0 Å². The van der Waals surface area contributed by atoms with Crippen molar-refractivity contribution in [3.63, 3.8) is 0 Å². The van der Waals surface area contributed by atoms with E-state index in [1.807, 2.05) is 6.92 Å². The molecule has 0 radical (unpaired) electrons. The summed E-state index contributed by atoms with van der Waals surface area (Å²) >= 11 is 0. The molecular formula is C13H22N2O3. The van der Waals surface area contributed by atoms with Crippen LogP contribution in [0.25, 0.3) is 0 Å². The Hall–Kier alpha value is -1.36. The van der Waals surface area contributed by atoms with Gasteiger partial charge >= 0.3 is 5.97 Å². The minimum absolute atomic E-state index is 0.0567. The van der Waals surface area contributed by atoms with Crippen molar-refractivity contribution in [1.82, 2.24) is 10.2 Å². The van der Waals surface area contributed by atoms with Crippen LogP contribution in [-0.4, -0.2) is 41.0 Å². The quantitative estimate of drug-likeness (QED) is 0.751. The van der Waals surface area contributed by atoms with Gasteiger partial charge in [0.25, 0.3) is 0 Å². The molecule has 18 heavy (non-hydrogen) atoms. The SMILES string of the molecule is CCN(C(=O)CN[C@@H](C)C(=O)O)C1=CCCCC1. The summed E-state index contributed by atoms with van der Waals surface area (Å²) in [7, 11) is 0. The molecule has 1 amide bonds. The van der Waals surface area contributed by atoms with Gasteiger partial charge < -0.3 is 10.0 Å². The van der Waals surface area contributed by atoms with Crippen LogP contribution in [0.3, 0.4) is 0 Å². The fraction of sp³-hybridized carbons (Fsp3) is 0.692. The second-order valence-electron chi connectivity index (χ2n) is 4.52. The molecule has 0 spiro atoms. The Bertz CT molecular complexity index is 339. The largest absolute Gasteiger partial charge is 0.480 e. The first-order valence-corrected chi connectivity index (χ1v) is 6.51. The second-order valence-corrected chi connectivity index (χ2v) is 4.52. The van der Waals surface area contributed by atoms with Crippen molar-refractivity contribution in [1.29, 1.82) is 0 Å². The highest BCUT2D eigenvalue weighted by Crippen LogP contribution is 2.20. The minimum Gasteiger partial charge on any atom is -0.480 e. The molecule has 1 aliphatic rings. The number of aliphatic carboxylic acids is 1. The first-order valence-electron chi connectivity index (χ1n) is 6.51. The lowest BCUT2D eigenvalue weighted by atomic mass is 10.0. The Labute approximate surface area is 108 Å². The van der Waals surface area contributed by atoms with Crippen LogP contribution in [0.2, 0.25) is 0 Å². The van der Waals surface area contributed by atoms with E-state index in [4.69, 9.17) is 5.11 Å². The van der Waals surface area contributed by atoms with Crippen LogP contribution >= 0.6 is 0 Å². The van der Waals surface area contributed by atoms with Gasteiger partial charge in [0.2, 0.25) is 5.91 Å². The number of likely N-dealkylation sites (N-methyl/N-ethyl adjacent to an activating group) is 1. The summed E-state index contributed by atoms with van der Waals surface area (Å²) in [5.74, 6) is -0.999. The molecule has 0 bridgehead atoms. The molecule has 1 rings (SSSR count). The van der Waals surface area contributed by atoms with Gasteiger partial charge in [-0.3, -0.25) is 14.9 Å². The van der Waals surface area contributed by atoms with Crippen LogP contribution in [0.4, 0.5) is 0 Å². The molecule has 1 atom stereocenters. The van der Waals surface area contributed by atoms with Crippen LogP contribution in [0, 0.1) is 0 Å². The summed E-state index contributed by atoms with van der Waals surface area (Å²) in [6, 6.07) is -0.701. The minimum atomic E-state index is -0.942. The predicted molar refractivity (Wildman–Crippen MR) is 69.0 cm³/mol. The molecule has 5 heteroatoms. The molecule has 1 aliphatic carbocycles. The van der Waals surface area contributed by atoms with Gasteiger partial charge in [0.1, 0.15) is 6.04 Å². The third kappa shape index (κ3) is 4.14. The Balaban J connectivity index is 2.52. The van der Waals surface area contributed by atoms with Crippen LogP contribution in [0.5, 0.6) is 0 Å². The predicted octanol–water partition coefficient (Wildman–Crippen LogP) is 1.36. The number of rotatable bonds is 6. The summed E-state index contributed by atoms with van der Waals surface area (Å²) in [5, 5.41) is 11.5. The van der Waals surface area contributed by atoms with Crippen LogP contribution < -0.4 is 5.32 Å². The molecule has 0 fully saturated rings. The number of amides is 1. The van der Waals surface area contributed by atoms with E-state index in [1.165, 1.54) is 13.3 Å². The van der Waals surface area contributed by atoms with Gasteiger partial charge in [-0.2, -0.15) is 0 Å². The number of nitrogens with zero attached hydrogens (tertiary/aromatic N) is 1. The zero-order valence-electron chi connectivity index (χ0n) is 11.1. The summed E-state index contributed by atoms with van der Waals surface area (Å²) in [6.45, 7) is 4.17. The number of carboxylic acid groups (broad SMARTS) is 1. The van der Waals surface area contributed by atoms with Crippen molar-refractivity contribution in [2.24, 2.45) is 0 Å². The molecule has 0 unspecified atom stereocenters. The van der Waals surface area contributed by atoms with E-state index in [-0.39, 0.29) is 12.5 Å². The number of hydrogen-bond donors (Lipinski definition) is 2. The van der Waals surface area contributed by atoms with Crippen molar-refractivity contribution < 1.29 is 14.7 Å². The summed E-state index contributed by atoms with van der Waals surface area (Å²) in [4.78, 5) is 24.4. The number of hydrogen-bond acceptors (Lipinski definition) is 3. The van der Waals surface area contributed by atoms with E-state index in [1.54, 1.807) is 4.90 Å². The van der Waals surface area contributed by atoms with E-state index in [2.05, 4.69) is 11.4 Å². The third-order valence-electron chi connectivity index (χ3n) is 3.16. The standard InChI is InChI=1S/C13H22N2O3/c1-3-15(11-7-5-4-6-8-11)12(16)9-14-10(2)13(17)18/h7,10,14H,3-6,8-9H2,1-2H3,(H,17,18)/t10-/m0/s1. The number of nitrogens with one attached hydrogen (secondary N) is 1. The molecule has 0 aromatic rings. The maximum absolute atomic E-state index is 12.0. The molecule has 0 aromatic heterocycles. The molecule has 0 heterocycles. The fourth-order valence-electron chi connectivity index (χ4n) is 2.03. The van der Waals surface area contributed by atoms with Crippen LogP contribution in [0.15, 0.2) is 11.8 Å². The smallest absolute Gasteiger partial charge is 0.320 e. The Kier molecular flexibility index (Phi) is 5.85. The van der Waals surface area contributed by atoms with Crippen molar-refractivity contribution >= 4 is 11.9 Å². The maximum atomic E-state index is 12.0. The van der Waals surface area contributed by atoms with Gasteiger partial charge in [-0.15, -0.1) is 0 Å². The van der Waals surface area contributed by atoms with Crippen molar-refractivity contribution in [3.8, 4) is 0 Å². The zero-order chi connectivity index (χ0) is 13.5. The average molecular weight is 254 g/mol. The lowest BCUT2D eigenvalue weighted by Crippen LogP contribution is -2.43. The monoisotopic (exact) mass is 254 g/mol. The molecule has 0 saturated heterocycles. The molecule has 0 aliphatic heterocycles. The second kappa shape index (κ2) is 7.16.